The zero-order valence-electron chi connectivity index (χ0n) is 10.6. The Bertz CT molecular complexity index is 280. The van der Waals surface area contributed by atoms with Crippen molar-refractivity contribution >= 4 is 17.1 Å². The molecule has 0 saturated carbocycles. The molecule has 0 aromatic heterocycles. The molecule has 1 rings (SSSR count). The normalized spacial score (nSPS) is 24.4. The van der Waals surface area contributed by atoms with Crippen LogP contribution in [0.1, 0.15) is 46.5 Å². The minimum atomic E-state index is 0.0435. The third-order valence-electron chi connectivity index (χ3n) is 3.26. The SMILES string of the molecule is CCC(C#N)N1CC(=S)CCC1CC(C)C. The predicted molar refractivity (Wildman–Crippen MR) is 71.5 cm³/mol. The van der Waals surface area contributed by atoms with Gasteiger partial charge in [-0.25, -0.2) is 0 Å². The summed E-state index contributed by atoms with van der Waals surface area (Å²) in [6.45, 7) is 7.42. The van der Waals surface area contributed by atoms with Crippen LogP contribution in [0.2, 0.25) is 0 Å². The molecule has 16 heavy (non-hydrogen) atoms. The first-order valence-electron chi connectivity index (χ1n) is 6.25. The molecule has 0 aliphatic carbocycles. The van der Waals surface area contributed by atoms with Gasteiger partial charge in [-0.2, -0.15) is 5.26 Å². The summed E-state index contributed by atoms with van der Waals surface area (Å²) in [5.74, 6) is 0.690. The van der Waals surface area contributed by atoms with E-state index in [9.17, 15) is 5.26 Å². The Morgan fingerprint density at radius 3 is 2.75 bits per heavy atom. The molecule has 1 fully saturated rings. The molecule has 2 nitrogen and oxygen atoms in total. The third kappa shape index (κ3) is 3.54. The monoisotopic (exact) mass is 238 g/mol. The van der Waals surface area contributed by atoms with E-state index in [2.05, 4.69) is 31.7 Å². The third-order valence-corrected chi connectivity index (χ3v) is 3.60. The Morgan fingerprint density at radius 1 is 1.56 bits per heavy atom. The van der Waals surface area contributed by atoms with Crippen LogP contribution in [0.25, 0.3) is 0 Å². The maximum absolute atomic E-state index is 9.18. The summed E-state index contributed by atoms with van der Waals surface area (Å²) in [6.07, 6.45) is 4.27. The highest BCUT2D eigenvalue weighted by molar-refractivity contribution is 7.80. The van der Waals surface area contributed by atoms with Crippen molar-refractivity contribution in [2.75, 3.05) is 6.54 Å². The van der Waals surface area contributed by atoms with Crippen molar-refractivity contribution in [1.82, 2.24) is 4.90 Å². The van der Waals surface area contributed by atoms with Crippen LogP contribution in [0, 0.1) is 17.2 Å². The minimum Gasteiger partial charge on any atom is -0.280 e. The minimum absolute atomic E-state index is 0.0435. The predicted octanol–water partition coefficient (Wildman–Crippen LogP) is 3.17. The molecule has 90 valence electrons. The fourth-order valence-corrected chi connectivity index (χ4v) is 2.73. The van der Waals surface area contributed by atoms with Gasteiger partial charge in [-0.1, -0.05) is 33.0 Å². The van der Waals surface area contributed by atoms with E-state index in [-0.39, 0.29) is 6.04 Å². The summed E-state index contributed by atoms with van der Waals surface area (Å²) in [5, 5.41) is 9.18. The van der Waals surface area contributed by atoms with Crippen LogP contribution in [0.4, 0.5) is 0 Å². The quantitative estimate of drug-likeness (QED) is 0.704. The topological polar surface area (TPSA) is 27.0 Å². The van der Waals surface area contributed by atoms with E-state index in [0.717, 1.165) is 30.7 Å². The fraction of sp³-hybridized carbons (Fsp3) is 0.846. The maximum Gasteiger partial charge on any atom is 0.0980 e. The molecule has 1 heterocycles. The Balaban J connectivity index is 2.72. The van der Waals surface area contributed by atoms with E-state index in [0.29, 0.717) is 12.0 Å². The van der Waals surface area contributed by atoms with Gasteiger partial charge in [0, 0.05) is 17.5 Å². The average molecular weight is 238 g/mol. The van der Waals surface area contributed by atoms with Gasteiger partial charge in [0.2, 0.25) is 0 Å². The van der Waals surface area contributed by atoms with Gasteiger partial charge < -0.3 is 0 Å². The van der Waals surface area contributed by atoms with Gasteiger partial charge in [-0.05, 0) is 31.6 Å². The summed E-state index contributed by atoms with van der Waals surface area (Å²) in [6, 6.07) is 3.01. The molecule has 0 N–H and O–H groups in total. The Hall–Kier alpha value is -0.460. The van der Waals surface area contributed by atoms with E-state index >= 15 is 0 Å². The molecule has 2 unspecified atom stereocenters. The molecule has 1 aliphatic rings. The molecule has 0 radical (unpaired) electrons. The van der Waals surface area contributed by atoms with E-state index in [1.165, 1.54) is 6.42 Å². The van der Waals surface area contributed by atoms with Crippen molar-refractivity contribution < 1.29 is 0 Å². The summed E-state index contributed by atoms with van der Waals surface area (Å²) in [7, 11) is 0. The van der Waals surface area contributed by atoms with Gasteiger partial charge in [-0.15, -0.1) is 0 Å². The highest BCUT2D eigenvalue weighted by Crippen LogP contribution is 2.24. The zero-order chi connectivity index (χ0) is 12.1. The van der Waals surface area contributed by atoms with Gasteiger partial charge in [0.25, 0.3) is 0 Å². The smallest absolute Gasteiger partial charge is 0.0980 e. The number of thiocarbonyl (C=S) groups is 1. The Kier molecular flexibility index (Phi) is 5.37. The number of hydrogen-bond donors (Lipinski definition) is 0. The molecule has 2 atom stereocenters. The van der Waals surface area contributed by atoms with Crippen molar-refractivity contribution in [2.24, 2.45) is 5.92 Å². The molecule has 3 heteroatoms. The van der Waals surface area contributed by atoms with E-state index in [4.69, 9.17) is 12.2 Å². The van der Waals surface area contributed by atoms with Crippen LogP contribution in [0.3, 0.4) is 0 Å². The van der Waals surface area contributed by atoms with Crippen molar-refractivity contribution in [1.29, 1.82) is 5.26 Å². The molecule has 1 saturated heterocycles. The lowest BCUT2D eigenvalue weighted by Gasteiger charge is -2.39. The maximum atomic E-state index is 9.18. The first-order valence-corrected chi connectivity index (χ1v) is 6.66. The largest absolute Gasteiger partial charge is 0.280 e. The number of nitrogens with zero attached hydrogens (tertiary/aromatic N) is 2. The van der Waals surface area contributed by atoms with Crippen LogP contribution in [0.5, 0.6) is 0 Å². The summed E-state index contributed by atoms with van der Waals surface area (Å²) < 4.78 is 0. The van der Waals surface area contributed by atoms with E-state index < -0.39 is 0 Å². The van der Waals surface area contributed by atoms with Crippen LogP contribution >= 0.6 is 12.2 Å². The number of rotatable bonds is 4. The number of likely N-dealkylation sites (tertiary alicyclic amines) is 1. The summed E-state index contributed by atoms with van der Waals surface area (Å²) in [4.78, 5) is 3.44. The van der Waals surface area contributed by atoms with Crippen LogP contribution in [0.15, 0.2) is 0 Å². The zero-order valence-corrected chi connectivity index (χ0v) is 11.4. The van der Waals surface area contributed by atoms with Gasteiger partial charge >= 0.3 is 0 Å². The summed E-state index contributed by atoms with van der Waals surface area (Å²) in [5.41, 5.74) is 0. The molecule has 0 bridgehead atoms. The molecular formula is C13H22N2S. The first-order chi connectivity index (χ1) is 7.58. The Labute approximate surface area is 105 Å². The van der Waals surface area contributed by atoms with Crippen molar-refractivity contribution in [3.63, 3.8) is 0 Å². The number of piperidine rings is 1. The molecule has 0 amide bonds. The van der Waals surface area contributed by atoms with Gasteiger partial charge in [0.05, 0.1) is 12.1 Å². The average Bonchev–Trinajstić information content (AvgIpc) is 2.23. The second-order valence-corrected chi connectivity index (χ2v) is 5.66. The van der Waals surface area contributed by atoms with Crippen molar-refractivity contribution in [3.8, 4) is 6.07 Å². The lowest BCUT2D eigenvalue weighted by Crippen LogP contribution is -2.48. The molecule has 0 aromatic carbocycles. The van der Waals surface area contributed by atoms with Crippen molar-refractivity contribution in [2.45, 2.75) is 58.5 Å². The van der Waals surface area contributed by atoms with E-state index in [1.807, 2.05) is 0 Å². The van der Waals surface area contributed by atoms with Gasteiger partial charge in [-0.3, -0.25) is 4.90 Å². The fourth-order valence-electron chi connectivity index (χ4n) is 2.47. The summed E-state index contributed by atoms with van der Waals surface area (Å²) >= 11 is 5.31. The second kappa shape index (κ2) is 6.32. The second-order valence-electron chi connectivity index (χ2n) is 5.09. The highest BCUT2D eigenvalue weighted by atomic mass is 32.1. The molecule has 1 aliphatic heterocycles. The standard InChI is InChI=1S/C13H22N2S/c1-4-11(8-14)15-9-13(16)6-5-12(15)7-10(2)3/h10-12H,4-7,9H2,1-3H3. The van der Waals surface area contributed by atoms with E-state index in [1.54, 1.807) is 0 Å². The lowest BCUT2D eigenvalue weighted by molar-refractivity contribution is 0.145. The number of hydrogen-bond acceptors (Lipinski definition) is 3. The Morgan fingerprint density at radius 2 is 2.25 bits per heavy atom. The lowest BCUT2D eigenvalue weighted by atomic mass is 9.92. The first kappa shape index (κ1) is 13.6. The molecule has 0 spiro atoms. The molecular weight excluding hydrogens is 216 g/mol. The van der Waals surface area contributed by atoms with Gasteiger partial charge in [0.1, 0.15) is 0 Å². The molecule has 0 aromatic rings. The van der Waals surface area contributed by atoms with Crippen LogP contribution in [-0.2, 0) is 0 Å². The van der Waals surface area contributed by atoms with Crippen LogP contribution in [-0.4, -0.2) is 28.4 Å². The van der Waals surface area contributed by atoms with Gasteiger partial charge in [0.15, 0.2) is 0 Å². The van der Waals surface area contributed by atoms with Crippen molar-refractivity contribution in [3.05, 3.63) is 0 Å². The highest BCUT2D eigenvalue weighted by Gasteiger charge is 2.30. The van der Waals surface area contributed by atoms with Crippen LogP contribution < -0.4 is 0 Å². The number of nitriles is 1.